The highest BCUT2D eigenvalue weighted by atomic mass is 16.5. The quantitative estimate of drug-likeness (QED) is 0.719. The zero-order chi connectivity index (χ0) is 9.68. The van der Waals surface area contributed by atoms with Crippen LogP contribution in [0, 0.1) is 5.92 Å². The molecule has 0 aliphatic carbocycles. The Hall–Kier alpha value is -1.25. The summed E-state index contributed by atoms with van der Waals surface area (Å²) in [5.41, 5.74) is 1.09. The normalized spacial score (nSPS) is 10.4. The minimum absolute atomic E-state index is 0.0383. The van der Waals surface area contributed by atoms with E-state index >= 15 is 0 Å². The van der Waals surface area contributed by atoms with Crippen LogP contribution >= 0.6 is 0 Å². The van der Waals surface area contributed by atoms with Crippen LogP contribution in [-0.4, -0.2) is 17.6 Å². The Morgan fingerprint density at radius 1 is 1.62 bits per heavy atom. The van der Waals surface area contributed by atoms with Crippen molar-refractivity contribution in [1.29, 1.82) is 0 Å². The Labute approximate surface area is 78.1 Å². The van der Waals surface area contributed by atoms with Gasteiger partial charge in [-0.2, -0.15) is 0 Å². The topological polar surface area (TPSA) is 42.1 Å². The first-order chi connectivity index (χ1) is 6.20. The van der Waals surface area contributed by atoms with E-state index in [4.69, 9.17) is 4.74 Å². The Kier molecular flexibility index (Phi) is 3.55. The highest BCUT2D eigenvalue weighted by Crippen LogP contribution is 1.99. The summed E-state index contributed by atoms with van der Waals surface area (Å²) >= 11 is 0. The number of nitrogens with one attached hydrogen (secondary N) is 1. The second kappa shape index (κ2) is 4.70. The van der Waals surface area contributed by atoms with Crippen LogP contribution in [-0.2, 0) is 16.0 Å². The van der Waals surface area contributed by atoms with Crippen LogP contribution < -0.4 is 0 Å². The number of esters is 1. The van der Waals surface area contributed by atoms with E-state index in [0.29, 0.717) is 6.61 Å². The molecule has 0 bridgehead atoms. The van der Waals surface area contributed by atoms with E-state index in [1.807, 2.05) is 32.2 Å². The number of hydrogen-bond acceptors (Lipinski definition) is 2. The van der Waals surface area contributed by atoms with Gasteiger partial charge in [-0.3, -0.25) is 4.79 Å². The Morgan fingerprint density at radius 3 is 2.92 bits per heavy atom. The maximum absolute atomic E-state index is 11.0. The first-order valence-corrected chi connectivity index (χ1v) is 4.49. The summed E-state index contributed by atoms with van der Waals surface area (Å²) in [5, 5.41) is 0. The molecule has 1 N–H and O–H groups in total. The highest BCUT2D eigenvalue weighted by molar-refractivity contribution is 5.71. The number of aromatic nitrogens is 1. The van der Waals surface area contributed by atoms with Crippen molar-refractivity contribution in [3.63, 3.8) is 0 Å². The van der Waals surface area contributed by atoms with Crippen molar-refractivity contribution in [3.8, 4) is 0 Å². The minimum Gasteiger partial charge on any atom is -0.465 e. The largest absolute Gasteiger partial charge is 0.465 e. The fourth-order valence-corrected chi connectivity index (χ4v) is 0.951. The summed E-state index contributed by atoms with van der Waals surface area (Å²) < 4.78 is 5.02. The van der Waals surface area contributed by atoms with Crippen LogP contribution in [0.1, 0.15) is 19.5 Å². The molecule has 0 saturated heterocycles. The molecule has 0 radical (unpaired) electrons. The van der Waals surface area contributed by atoms with Crippen molar-refractivity contribution in [1.82, 2.24) is 4.98 Å². The molecule has 0 aliphatic rings. The Morgan fingerprint density at radius 2 is 2.38 bits per heavy atom. The molecule has 3 heteroatoms. The molecular formula is C10H15NO2. The zero-order valence-corrected chi connectivity index (χ0v) is 8.04. The molecule has 13 heavy (non-hydrogen) atoms. The van der Waals surface area contributed by atoms with Crippen molar-refractivity contribution in [2.75, 3.05) is 6.61 Å². The number of hydrogen-bond donors (Lipinski definition) is 1. The fraction of sp³-hybridized carbons (Fsp3) is 0.500. The summed E-state index contributed by atoms with van der Waals surface area (Å²) in [6, 6.07) is 3.91. The molecule has 1 aromatic heterocycles. The predicted octanol–water partition coefficient (Wildman–Crippen LogP) is 1.76. The zero-order valence-electron chi connectivity index (χ0n) is 8.04. The molecule has 1 rings (SSSR count). The number of carbonyl (C=O) groups excluding carboxylic acids is 1. The third-order valence-corrected chi connectivity index (χ3v) is 1.75. The van der Waals surface area contributed by atoms with Gasteiger partial charge in [0.1, 0.15) is 0 Å². The number of ether oxygens (including phenoxy) is 1. The van der Waals surface area contributed by atoms with Crippen LogP contribution in [0.4, 0.5) is 0 Å². The Balaban J connectivity index is 2.18. The molecule has 1 aromatic rings. The number of carbonyl (C=O) groups is 1. The summed E-state index contributed by atoms with van der Waals surface area (Å²) in [4.78, 5) is 14.1. The lowest BCUT2D eigenvalue weighted by atomic mass is 10.2. The van der Waals surface area contributed by atoms with Gasteiger partial charge in [-0.05, 0) is 12.1 Å². The third kappa shape index (κ3) is 3.32. The molecule has 0 spiro atoms. The van der Waals surface area contributed by atoms with Crippen LogP contribution in [0.25, 0.3) is 0 Å². The first kappa shape index (κ1) is 9.84. The van der Waals surface area contributed by atoms with E-state index in [-0.39, 0.29) is 11.9 Å². The van der Waals surface area contributed by atoms with Gasteiger partial charge in [-0.25, -0.2) is 0 Å². The lowest BCUT2D eigenvalue weighted by molar-refractivity contribution is -0.147. The fourth-order valence-electron chi connectivity index (χ4n) is 0.951. The molecular weight excluding hydrogens is 166 g/mol. The molecule has 0 amide bonds. The van der Waals surface area contributed by atoms with E-state index in [0.717, 1.165) is 12.1 Å². The van der Waals surface area contributed by atoms with Gasteiger partial charge < -0.3 is 9.72 Å². The molecule has 0 aromatic carbocycles. The second-order valence-electron chi connectivity index (χ2n) is 3.27. The van der Waals surface area contributed by atoms with E-state index in [1.54, 1.807) is 0 Å². The van der Waals surface area contributed by atoms with Crippen molar-refractivity contribution >= 4 is 5.97 Å². The molecule has 3 nitrogen and oxygen atoms in total. The number of aromatic amines is 1. The molecule has 0 fully saturated rings. The van der Waals surface area contributed by atoms with Crippen molar-refractivity contribution in [2.45, 2.75) is 20.3 Å². The summed E-state index contributed by atoms with van der Waals surface area (Å²) in [5.74, 6) is -0.171. The van der Waals surface area contributed by atoms with Gasteiger partial charge in [0.15, 0.2) is 0 Å². The molecule has 0 unspecified atom stereocenters. The number of rotatable bonds is 4. The van der Waals surface area contributed by atoms with Gasteiger partial charge >= 0.3 is 5.97 Å². The van der Waals surface area contributed by atoms with E-state index < -0.39 is 0 Å². The highest BCUT2D eigenvalue weighted by Gasteiger charge is 2.07. The van der Waals surface area contributed by atoms with E-state index in [9.17, 15) is 4.79 Å². The standard InChI is InChI=1S/C10H15NO2/c1-8(2)10(12)13-7-5-9-4-3-6-11-9/h3-4,6,8,11H,5,7H2,1-2H3. The predicted molar refractivity (Wildman–Crippen MR) is 50.3 cm³/mol. The molecule has 0 aliphatic heterocycles. The molecule has 0 saturated carbocycles. The van der Waals surface area contributed by atoms with Gasteiger partial charge in [0.25, 0.3) is 0 Å². The molecule has 0 atom stereocenters. The minimum atomic E-state index is -0.133. The van der Waals surface area contributed by atoms with Gasteiger partial charge in [-0.15, -0.1) is 0 Å². The monoisotopic (exact) mass is 181 g/mol. The summed E-state index contributed by atoms with van der Waals surface area (Å²) in [7, 11) is 0. The van der Waals surface area contributed by atoms with Crippen LogP contribution in [0.2, 0.25) is 0 Å². The average molecular weight is 181 g/mol. The van der Waals surface area contributed by atoms with E-state index in [2.05, 4.69) is 4.98 Å². The maximum atomic E-state index is 11.0. The van der Waals surface area contributed by atoms with Crippen LogP contribution in [0.3, 0.4) is 0 Å². The summed E-state index contributed by atoms with van der Waals surface area (Å²) in [6.45, 7) is 4.12. The third-order valence-electron chi connectivity index (χ3n) is 1.75. The molecule has 72 valence electrons. The Bertz CT molecular complexity index is 252. The smallest absolute Gasteiger partial charge is 0.308 e. The van der Waals surface area contributed by atoms with Gasteiger partial charge in [-0.1, -0.05) is 13.8 Å². The van der Waals surface area contributed by atoms with Crippen molar-refractivity contribution in [2.24, 2.45) is 5.92 Å². The lowest BCUT2D eigenvalue weighted by Gasteiger charge is -2.05. The first-order valence-electron chi connectivity index (χ1n) is 4.49. The van der Waals surface area contributed by atoms with Crippen molar-refractivity contribution < 1.29 is 9.53 Å². The van der Waals surface area contributed by atoms with E-state index in [1.165, 1.54) is 0 Å². The van der Waals surface area contributed by atoms with Gasteiger partial charge in [0.05, 0.1) is 12.5 Å². The van der Waals surface area contributed by atoms with Gasteiger partial charge in [0.2, 0.25) is 0 Å². The maximum Gasteiger partial charge on any atom is 0.308 e. The second-order valence-corrected chi connectivity index (χ2v) is 3.27. The van der Waals surface area contributed by atoms with Crippen molar-refractivity contribution in [3.05, 3.63) is 24.0 Å². The van der Waals surface area contributed by atoms with Crippen LogP contribution in [0.5, 0.6) is 0 Å². The van der Waals surface area contributed by atoms with Crippen LogP contribution in [0.15, 0.2) is 18.3 Å². The van der Waals surface area contributed by atoms with Gasteiger partial charge in [0, 0.05) is 18.3 Å². The lowest BCUT2D eigenvalue weighted by Crippen LogP contribution is -2.13. The average Bonchev–Trinajstić information content (AvgIpc) is 2.56. The SMILES string of the molecule is CC(C)C(=O)OCCc1ccc[nH]1. The number of H-pyrrole nitrogens is 1. The molecule has 1 heterocycles. The summed E-state index contributed by atoms with van der Waals surface area (Å²) in [6.07, 6.45) is 2.62.